The van der Waals surface area contributed by atoms with Gasteiger partial charge in [-0.3, -0.25) is 14.4 Å². The lowest BCUT2D eigenvalue weighted by molar-refractivity contribution is -0.138. The van der Waals surface area contributed by atoms with Gasteiger partial charge in [0, 0.05) is 37.4 Å². The third kappa shape index (κ3) is 4.37. The Morgan fingerprint density at radius 1 is 0.967 bits per heavy atom. The van der Waals surface area contributed by atoms with Crippen LogP contribution in [0.25, 0.3) is 0 Å². The van der Waals surface area contributed by atoms with Crippen molar-refractivity contribution in [3.05, 3.63) is 60.2 Å². The first-order valence-electron chi connectivity index (χ1n) is 10.5. The minimum Gasteiger partial charge on any atom is -0.342 e. The molecule has 2 aromatic rings. The molecule has 6 nitrogen and oxygen atoms in total. The molecule has 1 N–H and O–H groups in total. The quantitative estimate of drug-likeness (QED) is 0.849. The Bertz CT molecular complexity index is 926. The number of nitrogens with zero attached hydrogens (tertiary/aromatic N) is 2. The predicted octanol–water partition coefficient (Wildman–Crippen LogP) is 3.23. The summed E-state index contributed by atoms with van der Waals surface area (Å²) in [5.74, 6) is -0.673. The molecule has 2 saturated heterocycles. The van der Waals surface area contributed by atoms with Crippen molar-refractivity contribution in [1.82, 2.24) is 4.90 Å². The fourth-order valence-corrected chi connectivity index (χ4v) is 4.26. The summed E-state index contributed by atoms with van der Waals surface area (Å²) < 4.78 is 0. The van der Waals surface area contributed by atoms with Crippen molar-refractivity contribution >= 4 is 29.1 Å². The number of hydrogen-bond donors (Lipinski definition) is 1. The summed E-state index contributed by atoms with van der Waals surface area (Å²) in [5, 5.41) is 2.94. The summed E-state index contributed by atoms with van der Waals surface area (Å²) in [5.41, 5.74) is 2.73. The number of nitrogens with one attached hydrogen (secondary N) is 1. The van der Waals surface area contributed by atoms with Crippen LogP contribution in [0.15, 0.2) is 54.6 Å². The third-order valence-electron chi connectivity index (χ3n) is 5.97. The minimum absolute atomic E-state index is 0.0184. The summed E-state index contributed by atoms with van der Waals surface area (Å²) in [4.78, 5) is 41.8. The maximum absolute atomic E-state index is 13.1. The molecule has 156 valence electrons. The average molecular weight is 405 g/mol. The van der Waals surface area contributed by atoms with E-state index in [0.717, 1.165) is 29.8 Å². The average Bonchev–Trinajstić information content (AvgIpc) is 3.16. The van der Waals surface area contributed by atoms with Gasteiger partial charge in [-0.05, 0) is 44.0 Å². The zero-order valence-corrected chi connectivity index (χ0v) is 17.2. The van der Waals surface area contributed by atoms with Gasteiger partial charge >= 0.3 is 0 Å². The molecule has 2 fully saturated rings. The van der Waals surface area contributed by atoms with Crippen LogP contribution in [0.2, 0.25) is 0 Å². The van der Waals surface area contributed by atoms with Crippen LogP contribution >= 0.6 is 0 Å². The molecule has 0 bridgehead atoms. The van der Waals surface area contributed by atoms with Crippen molar-refractivity contribution < 1.29 is 14.4 Å². The van der Waals surface area contributed by atoms with Crippen molar-refractivity contribution in [2.45, 2.75) is 26.2 Å². The van der Waals surface area contributed by atoms with E-state index in [1.165, 1.54) is 0 Å². The second-order valence-electron chi connectivity index (χ2n) is 8.22. The third-order valence-corrected chi connectivity index (χ3v) is 5.97. The van der Waals surface area contributed by atoms with Crippen LogP contribution < -0.4 is 10.2 Å². The number of para-hydroxylation sites is 1. The Balaban J connectivity index is 1.38. The van der Waals surface area contributed by atoms with Crippen molar-refractivity contribution in [2.24, 2.45) is 11.8 Å². The SMILES string of the molecule is Cc1ccc(N2CC(C(=O)N3CCCC(C(=O)Nc4ccccc4)C3)CC2=O)cc1. The maximum atomic E-state index is 13.1. The number of carbonyl (C=O) groups excluding carboxylic acids is 3. The number of hydrogen-bond acceptors (Lipinski definition) is 3. The molecule has 0 spiro atoms. The fourth-order valence-electron chi connectivity index (χ4n) is 4.26. The molecule has 30 heavy (non-hydrogen) atoms. The lowest BCUT2D eigenvalue weighted by Crippen LogP contribution is -2.46. The Labute approximate surface area is 176 Å². The predicted molar refractivity (Wildman–Crippen MR) is 116 cm³/mol. The standard InChI is InChI=1S/C24H27N3O3/c1-17-9-11-21(12-10-17)27-16-19(14-22(27)28)24(30)26-13-5-6-18(15-26)23(29)25-20-7-3-2-4-8-20/h2-4,7-12,18-19H,5-6,13-16H2,1H3,(H,25,29). The van der Waals surface area contributed by atoms with Gasteiger partial charge in [0.25, 0.3) is 0 Å². The first-order chi connectivity index (χ1) is 14.5. The molecule has 0 aliphatic carbocycles. The summed E-state index contributed by atoms with van der Waals surface area (Å²) in [7, 11) is 0. The molecule has 0 aromatic heterocycles. The molecule has 2 atom stereocenters. The summed E-state index contributed by atoms with van der Waals surface area (Å²) in [6.07, 6.45) is 1.78. The number of likely N-dealkylation sites (tertiary alicyclic amines) is 1. The molecule has 3 amide bonds. The lowest BCUT2D eigenvalue weighted by atomic mass is 9.95. The Morgan fingerprint density at radius 2 is 1.70 bits per heavy atom. The molecule has 4 rings (SSSR count). The second kappa shape index (κ2) is 8.69. The van der Waals surface area contributed by atoms with Crippen LogP contribution in [0.4, 0.5) is 11.4 Å². The highest BCUT2D eigenvalue weighted by molar-refractivity contribution is 6.00. The van der Waals surface area contributed by atoms with Crippen LogP contribution in [-0.2, 0) is 14.4 Å². The molecule has 6 heteroatoms. The molecule has 2 aliphatic heterocycles. The van der Waals surface area contributed by atoms with Crippen LogP contribution in [0.1, 0.15) is 24.8 Å². The molecule has 0 radical (unpaired) electrons. The van der Waals surface area contributed by atoms with Crippen molar-refractivity contribution in [3.63, 3.8) is 0 Å². The van der Waals surface area contributed by atoms with E-state index in [1.807, 2.05) is 61.5 Å². The topological polar surface area (TPSA) is 69.7 Å². The van der Waals surface area contributed by atoms with E-state index < -0.39 is 0 Å². The van der Waals surface area contributed by atoms with E-state index in [1.54, 1.807) is 9.80 Å². The molecular weight excluding hydrogens is 378 g/mol. The molecule has 2 aliphatic rings. The van der Waals surface area contributed by atoms with Gasteiger partial charge in [-0.15, -0.1) is 0 Å². The molecule has 2 heterocycles. The Kier molecular flexibility index (Phi) is 5.84. The molecule has 2 unspecified atom stereocenters. The van der Waals surface area contributed by atoms with Gasteiger partial charge < -0.3 is 15.1 Å². The number of carbonyl (C=O) groups is 3. The smallest absolute Gasteiger partial charge is 0.229 e. The zero-order valence-electron chi connectivity index (χ0n) is 17.2. The Morgan fingerprint density at radius 3 is 2.43 bits per heavy atom. The number of rotatable bonds is 4. The first kappa shape index (κ1) is 20.1. The Hall–Kier alpha value is -3.15. The van der Waals surface area contributed by atoms with E-state index in [9.17, 15) is 14.4 Å². The monoisotopic (exact) mass is 405 g/mol. The van der Waals surface area contributed by atoms with Gasteiger partial charge in [0.15, 0.2) is 0 Å². The maximum Gasteiger partial charge on any atom is 0.229 e. The van der Waals surface area contributed by atoms with Crippen LogP contribution in [0.5, 0.6) is 0 Å². The number of piperidine rings is 1. The molecule has 0 saturated carbocycles. The molecule has 2 aromatic carbocycles. The van der Waals surface area contributed by atoms with Gasteiger partial charge in [-0.25, -0.2) is 0 Å². The highest BCUT2D eigenvalue weighted by Gasteiger charge is 2.39. The van der Waals surface area contributed by atoms with Gasteiger partial charge in [0.2, 0.25) is 17.7 Å². The van der Waals surface area contributed by atoms with E-state index in [0.29, 0.717) is 19.6 Å². The van der Waals surface area contributed by atoms with Crippen LogP contribution in [0.3, 0.4) is 0 Å². The van der Waals surface area contributed by atoms with E-state index in [4.69, 9.17) is 0 Å². The highest BCUT2D eigenvalue weighted by Crippen LogP contribution is 2.28. The molecular formula is C24H27N3O3. The van der Waals surface area contributed by atoms with Gasteiger partial charge in [-0.2, -0.15) is 0 Å². The van der Waals surface area contributed by atoms with E-state index in [-0.39, 0.29) is 36.0 Å². The van der Waals surface area contributed by atoms with Crippen LogP contribution in [0, 0.1) is 18.8 Å². The summed E-state index contributed by atoms with van der Waals surface area (Å²) in [6.45, 7) is 3.45. The van der Waals surface area contributed by atoms with Gasteiger partial charge in [0.05, 0.1) is 11.8 Å². The second-order valence-corrected chi connectivity index (χ2v) is 8.22. The van der Waals surface area contributed by atoms with Crippen molar-refractivity contribution in [2.75, 3.05) is 29.9 Å². The fraction of sp³-hybridized carbons (Fsp3) is 0.375. The van der Waals surface area contributed by atoms with E-state index in [2.05, 4.69) is 5.32 Å². The van der Waals surface area contributed by atoms with Crippen molar-refractivity contribution in [3.8, 4) is 0 Å². The van der Waals surface area contributed by atoms with Crippen molar-refractivity contribution in [1.29, 1.82) is 0 Å². The van der Waals surface area contributed by atoms with Gasteiger partial charge in [0.1, 0.15) is 0 Å². The summed E-state index contributed by atoms with van der Waals surface area (Å²) >= 11 is 0. The normalized spacial score (nSPS) is 21.6. The zero-order chi connectivity index (χ0) is 21.1. The largest absolute Gasteiger partial charge is 0.342 e. The highest BCUT2D eigenvalue weighted by atomic mass is 16.2. The minimum atomic E-state index is -0.352. The first-order valence-corrected chi connectivity index (χ1v) is 10.5. The number of aryl methyl sites for hydroxylation is 1. The van der Waals surface area contributed by atoms with Gasteiger partial charge in [-0.1, -0.05) is 35.9 Å². The number of anilines is 2. The van der Waals surface area contributed by atoms with Crippen LogP contribution in [-0.4, -0.2) is 42.3 Å². The number of amides is 3. The van der Waals surface area contributed by atoms with E-state index >= 15 is 0 Å². The lowest BCUT2D eigenvalue weighted by Gasteiger charge is -2.33. The summed E-state index contributed by atoms with van der Waals surface area (Å²) in [6, 6.07) is 17.2. The number of benzene rings is 2.